The minimum atomic E-state index is -0.626. The molecule has 1 atom stereocenters. The Kier molecular flexibility index (Phi) is 5.18. The molecule has 0 heterocycles. The van der Waals surface area contributed by atoms with Crippen LogP contribution in [0.3, 0.4) is 0 Å². The highest BCUT2D eigenvalue weighted by atomic mass is 79.9. The molecule has 6 heteroatoms. The Morgan fingerprint density at radius 1 is 1.10 bits per heavy atom. The molecule has 1 nitrogen and oxygen atoms in total. The fourth-order valence-corrected chi connectivity index (χ4v) is 2.98. The van der Waals surface area contributed by atoms with Crippen molar-refractivity contribution >= 4 is 43.5 Å². The number of hydrogen-bond acceptors (Lipinski definition) is 1. The van der Waals surface area contributed by atoms with Crippen LogP contribution in [0.15, 0.2) is 39.3 Å². The second-order valence-electron chi connectivity index (χ2n) is 4.30. The van der Waals surface area contributed by atoms with Crippen molar-refractivity contribution in [2.75, 3.05) is 0 Å². The van der Waals surface area contributed by atoms with Crippen LogP contribution in [-0.2, 0) is 6.42 Å². The third-order valence-electron chi connectivity index (χ3n) is 2.92. The van der Waals surface area contributed by atoms with Crippen LogP contribution >= 0.6 is 43.5 Å². The maximum absolute atomic E-state index is 13.9. The molecule has 2 N–H and O–H groups in total. The van der Waals surface area contributed by atoms with Gasteiger partial charge in [-0.15, -0.1) is 0 Å². The van der Waals surface area contributed by atoms with Crippen molar-refractivity contribution < 1.29 is 8.78 Å². The van der Waals surface area contributed by atoms with Crippen molar-refractivity contribution in [2.45, 2.75) is 12.5 Å². The van der Waals surface area contributed by atoms with Gasteiger partial charge >= 0.3 is 0 Å². The van der Waals surface area contributed by atoms with Crippen molar-refractivity contribution in [3.05, 3.63) is 67.1 Å². The fraction of sp³-hybridized carbons (Fsp3) is 0.143. The van der Waals surface area contributed by atoms with E-state index in [1.54, 1.807) is 18.2 Å². The molecule has 0 saturated heterocycles. The van der Waals surface area contributed by atoms with Gasteiger partial charge in [0, 0.05) is 21.1 Å². The molecule has 106 valence electrons. The van der Waals surface area contributed by atoms with Crippen LogP contribution < -0.4 is 5.73 Å². The van der Waals surface area contributed by atoms with Gasteiger partial charge in [0.2, 0.25) is 0 Å². The molecule has 2 aromatic carbocycles. The Morgan fingerprint density at radius 3 is 2.45 bits per heavy atom. The first kappa shape index (κ1) is 15.9. The van der Waals surface area contributed by atoms with Gasteiger partial charge in [-0.25, -0.2) is 8.78 Å². The van der Waals surface area contributed by atoms with Crippen molar-refractivity contribution in [3.63, 3.8) is 0 Å². The molecule has 0 aliphatic heterocycles. The molecular weight excluding hydrogens is 415 g/mol. The summed E-state index contributed by atoms with van der Waals surface area (Å²) >= 11 is 12.3. The Balaban J connectivity index is 2.35. The highest BCUT2D eigenvalue weighted by molar-refractivity contribution is 9.10. The topological polar surface area (TPSA) is 26.0 Å². The van der Waals surface area contributed by atoms with E-state index in [0.717, 1.165) is 4.47 Å². The molecular formula is C14H10Br2ClF2N. The van der Waals surface area contributed by atoms with Crippen LogP contribution in [0.5, 0.6) is 0 Å². The first-order valence-electron chi connectivity index (χ1n) is 5.73. The van der Waals surface area contributed by atoms with E-state index in [9.17, 15) is 8.78 Å². The maximum atomic E-state index is 13.9. The lowest BCUT2D eigenvalue weighted by atomic mass is 9.99. The molecule has 0 saturated carbocycles. The van der Waals surface area contributed by atoms with E-state index >= 15 is 0 Å². The van der Waals surface area contributed by atoms with Crippen LogP contribution in [-0.4, -0.2) is 0 Å². The summed E-state index contributed by atoms with van der Waals surface area (Å²) in [5.74, 6) is -1.24. The van der Waals surface area contributed by atoms with Gasteiger partial charge in [-0.2, -0.15) is 0 Å². The van der Waals surface area contributed by atoms with E-state index < -0.39 is 17.7 Å². The summed E-state index contributed by atoms with van der Waals surface area (Å²) in [6.45, 7) is 0. The molecule has 0 aromatic heterocycles. The number of hydrogen-bond donors (Lipinski definition) is 1. The van der Waals surface area contributed by atoms with E-state index in [-0.39, 0.29) is 16.5 Å². The second-order valence-corrected chi connectivity index (χ2v) is 6.44. The van der Waals surface area contributed by atoms with Gasteiger partial charge in [0.15, 0.2) is 0 Å². The fourth-order valence-electron chi connectivity index (χ4n) is 1.88. The zero-order chi connectivity index (χ0) is 14.9. The van der Waals surface area contributed by atoms with Crippen molar-refractivity contribution in [2.24, 2.45) is 5.73 Å². The first-order valence-corrected chi connectivity index (χ1v) is 7.69. The molecule has 0 aliphatic rings. The molecule has 0 bridgehead atoms. The molecule has 0 spiro atoms. The van der Waals surface area contributed by atoms with E-state index in [1.807, 2.05) is 0 Å². The summed E-state index contributed by atoms with van der Waals surface area (Å²) in [5, 5.41) is 0.522. The Hall–Kier alpha value is -0.490. The highest BCUT2D eigenvalue weighted by Gasteiger charge is 2.18. The van der Waals surface area contributed by atoms with Crippen LogP contribution in [0.2, 0.25) is 5.02 Å². The Labute approximate surface area is 137 Å². The molecule has 2 rings (SSSR count). The number of rotatable bonds is 3. The summed E-state index contributed by atoms with van der Waals surface area (Å²) in [6, 6.07) is 7.12. The molecule has 0 fully saturated rings. The monoisotopic (exact) mass is 423 g/mol. The predicted octanol–water partition coefficient (Wildman–Crippen LogP) is 5.39. The average molecular weight is 425 g/mol. The van der Waals surface area contributed by atoms with Gasteiger partial charge in [-0.3, -0.25) is 0 Å². The normalized spacial score (nSPS) is 12.5. The molecule has 0 radical (unpaired) electrons. The molecule has 1 unspecified atom stereocenters. The van der Waals surface area contributed by atoms with Crippen molar-refractivity contribution in [3.8, 4) is 0 Å². The van der Waals surface area contributed by atoms with Gasteiger partial charge in [-0.05, 0) is 58.2 Å². The third-order valence-corrected chi connectivity index (χ3v) is 4.49. The molecule has 0 amide bonds. The van der Waals surface area contributed by atoms with Gasteiger partial charge in [0.05, 0.1) is 4.47 Å². The summed E-state index contributed by atoms with van der Waals surface area (Å²) in [4.78, 5) is 0. The lowest BCUT2D eigenvalue weighted by Gasteiger charge is -2.16. The van der Waals surface area contributed by atoms with Crippen molar-refractivity contribution in [1.29, 1.82) is 0 Å². The zero-order valence-electron chi connectivity index (χ0n) is 10.1. The van der Waals surface area contributed by atoms with Crippen LogP contribution in [0, 0.1) is 11.6 Å². The largest absolute Gasteiger partial charge is 0.324 e. The molecule has 2 aromatic rings. The maximum Gasteiger partial charge on any atom is 0.143 e. The van der Waals surface area contributed by atoms with Gasteiger partial charge in [0.1, 0.15) is 11.6 Å². The van der Waals surface area contributed by atoms with Crippen LogP contribution in [0.1, 0.15) is 17.2 Å². The smallest absolute Gasteiger partial charge is 0.143 e. The molecule has 0 aliphatic carbocycles. The summed E-state index contributed by atoms with van der Waals surface area (Å²) in [7, 11) is 0. The van der Waals surface area contributed by atoms with E-state index in [2.05, 4.69) is 31.9 Å². The lowest BCUT2D eigenvalue weighted by molar-refractivity contribution is 0.536. The first-order chi connectivity index (χ1) is 9.40. The number of nitrogens with two attached hydrogens (primary N) is 1. The Morgan fingerprint density at radius 2 is 1.75 bits per heavy atom. The zero-order valence-corrected chi connectivity index (χ0v) is 14.1. The van der Waals surface area contributed by atoms with Crippen molar-refractivity contribution in [1.82, 2.24) is 0 Å². The minimum absolute atomic E-state index is 0.0377. The summed E-state index contributed by atoms with van der Waals surface area (Å²) in [6.07, 6.45) is 0.0377. The average Bonchev–Trinajstić information content (AvgIpc) is 2.41. The van der Waals surface area contributed by atoms with Crippen LogP contribution in [0.25, 0.3) is 0 Å². The summed E-state index contributed by atoms with van der Waals surface area (Å²) in [5.41, 5.74) is 6.71. The third kappa shape index (κ3) is 3.39. The van der Waals surface area contributed by atoms with Crippen LogP contribution in [0.4, 0.5) is 8.78 Å². The van der Waals surface area contributed by atoms with E-state index in [4.69, 9.17) is 17.3 Å². The standard InChI is InChI=1S/C14H10Br2ClF2N/c15-10-2-1-7(17)5-8(10)13(20)6-9-12(18)4-3-11(16)14(9)19/h1-5,13H,6,20H2. The lowest BCUT2D eigenvalue weighted by Crippen LogP contribution is -2.16. The second kappa shape index (κ2) is 6.52. The number of benzene rings is 2. The van der Waals surface area contributed by atoms with Gasteiger partial charge in [0.25, 0.3) is 0 Å². The predicted molar refractivity (Wildman–Crippen MR) is 83.8 cm³/mol. The minimum Gasteiger partial charge on any atom is -0.324 e. The van der Waals surface area contributed by atoms with E-state index in [0.29, 0.717) is 10.6 Å². The summed E-state index contributed by atoms with van der Waals surface area (Å²) < 4.78 is 28.6. The van der Waals surface area contributed by atoms with Gasteiger partial charge in [-0.1, -0.05) is 27.5 Å². The quantitative estimate of drug-likeness (QED) is 0.656. The highest BCUT2D eigenvalue weighted by Crippen LogP contribution is 2.30. The number of halogens is 5. The molecule has 20 heavy (non-hydrogen) atoms. The SMILES string of the molecule is NC(Cc1c(F)ccc(Br)c1F)c1cc(Cl)ccc1Br. The van der Waals surface area contributed by atoms with Gasteiger partial charge < -0.3 is 5.73 Å². The van der Waals surface area contributed by atoms with E-state index in [1.165, 1.54) is 12.1 Å². The Bertz CT molecular complexity index is 649.